The minimum absolute atomic E-state index is 0.0550. The van der Waals surface area contributed by atoms with E-state index in [0.717, 1.165) is 29.1 Å². The third-order valence-corrected chi connectivity index (χ3v) is 8.79. The molecule has 5 rings (SSSR count). The summed E-state index contributed by atoms with van der Waals surface area (Å²) >= 11 is 0. The topological polar surface area (TPSA) is 84.9 Å². The van der Waals surface area contributed by atoms with Crippen LogP contribution in [0, 0.1) is 5.82 Å². The average Bonchev–Trinajstić information content (AvgIpc) is 2.94. The third-order valence-electron chi connectivity index (χ3n) is 7.02. The van der Waals surface area contributed by atoms with Crippen molar-refractivity contribution >= 4 is 21.6 Å². The van der Waals surface area contributed by atoms with Crippen LogP contribution < -0.4 is 19.1 Å². The molecular formula is C29H31FN2O5S. The van der Waals surface area contributed by atoms with Gasteiger partial charge in [0, 0.05) is 6.07 Å². The number of nitrogens with one attached hydrogen (secondary N) is 1. The lowest BCUT2D eigenvalue weighted by atomic mass is 9.89. The predicted octanol–water partition coefficient (Wildman–Crippen LogP) is 4.94. The predicted molar refractivity (Wildman–Crippen MR) is 143 cm³/mol. The van der Waals surface area contributed by atoms with Gasteiger partial charge in [-0.05, 0) is 85.2 Å². The average molecular weight is 539 g/mol. The van der Waals surface area contributed by atoms with Gasteiger partial charge in [-0.3, -0.25) is 9.10 Å². The zero-order chi connectivity index (χ0) is 26.7. The summed E-state index contributed by atoms with van der Waals surface area (Å²) < 4.78 is 53.3. The molecular weight excluding hydrogens is 507 g/mol. The first-order valence-electron chi connectivity index (χ1n) is 12.9. The van der Waals surface area contributed by atoms with Crippen LogP contribution in [0.15, 0.2) is 65.6 Å². The highest BCUT2D eigenvalue weighted by molar-refractivity contribution is 7.92. The molecule has 1 aliphatic carbocycles. The summed E-state index contributed by atoms with van der Waals surface area (Å²) in [5.74, 6) is -0.190. The maximum absolute atomic E-state index is 13.8. The number of carbonyl (C=O) groups is 1. The monoisotopic (exact) mass is 538 g/mol. The number of halogens is 1. The normalized spacial score (nSPS) is 15.3. The summed E-state index contributed by atoms with van der Waals surface area (Å²) in [5.41, 5.74) is 3.85. The van der Waals surface area contributed by atoms with Crippen LogP contribution in [0.25, 0.3) is 0 Å². The molecule has 200 valence electrons. The number of anilines is 1. The van der Waals surface area contributed by atoms with Gasteiger partial charge >= 0.3 is 0 Å². The van der Waals surface area contributed by atoms with Gasteiger partial charge in [0.2, 0.25) is 5.91 Å². The summed E-state index contributed by atoms with van der Waals surface area (Å²) in [6.07, 6.45) is 5.10. The van der Waals surface area contributed by atoms with Crippen molar-refractivity contribution in [2.24, 2.45) is 0 Å². The van der Waals surface area contributed by atoms with Crippen LogP contribution in [0.2, 0.25) is 0 Å². The highest BCUT2D eigenvalue weighted by Crippen LogP contribution is 2.34. The quantitative estimate of drug-likeness (QED) is 0.439. The number of hydrogen-bond donors (Lipinski definition) is 1. The smallest absolute Gasteiger partial charge is 0.264 e. The fourth-order valence-corrected chi connectivity index (χ4v) is 6.43. The first kappa shape index (κ1) is 26.0. The third kappa shape index (κ3) is 5.48. The van der Waals surface area contributed by atoms with Crippen LogP contribution >= 0.6 is 0 Å². The molecule has 1 heterocycles. The van der Waals surface area contributed by atoms with Gasteiger partial charge < -0.3 is 14.8 Å². The molecule has 0 radical (unpaired) electrons. The van der Waals surface area contributed by atoms with Crippen molar-refractivity contribution in [3.05, 3.63) is 83.2 Å². The van der Waals surface area contributed by atoms with E-state index in [9.17, 15) is 17.6 Å². The summed E-state index contributed by atoms with van der Waals surface area (Å²) in [7, 11) is -4.20. The molecule has 1 aliphatic heterocycles. The second kappa shape index (κ2) is 11.0. The van der Waals surface area contributed by atoms with Crippen molar-refractivity contribution in [3.63, 3.8) is 0 Å². The van der Waals surface area contributed by atoms with Gasteiger partial charge in [-0.1, -0.05) is 25.1 Å². The summed E-state index contributed by atoms with van der Waals surface area (Å²) in [6.45, 7) is 2.20. The number of hydrogen-bond acceptors (Lipinski definition) is 5. The molecule has 7 nitrogen and oxygen atoms in total. The first-order chi connectivity index (χ1) is 18.3. The van der Waals surface area contributed by atoms with Gasteiger partial charge in [0.25, 0.3) is 10.0 Å². The zero-order valence-corrected chi connectivity index (χ0v) is 22.1. The number of sulfonamides is 1. The highest BCUT2D eigenvalue weighted by atomic mass is 32.2. The first-order valence-corrected chi connectivity index (χ1v) is 14.4. The molecule has 3 aromatic carbocycles. The summed E-state index contributed by atoms with van der Waals surface area (Å²) in [4.78, 5) is 13.2. The largest absolute Gasteiger partial charge is 0.486 e. The Bertz CT molecular complexity index is 1430. The molecule has 0 fully saturated rings. The van der Waals surface area contributed by atoms with Gasteiger partial charge in [-0.2, -0.15) is 0 Å². The van der Waals surface area contributed by atoms with Crippen molar-refractivity contribution in [2.45, 2.75) is 50.0 Å². The van der Waals surface area contributed by atoms with Gasteiger partial charge in [0.15, 0.2) is 11.5 Å². The molecule has 1 atom stereocenters. The Morgan fingerprint density at radius 1 is 0.947 bits per heavy atom. The Labute approximate surface area is 222 Å². The summed E-state index contributed by atoms with van der Waals surface area (Å²) in [6, 6.07) is 15.4. The van der Waals surface area contributed by atoms with E-state index in [4.69, 9.17) is 9.47 Å². The van der Waals surface area contributed by atoms with Crippen LogP contribution in [0.1, 0.15) is 48.9 Å². The van der Waals surface area contributed by atoms with E-state index in [0.29, 0.717) is 31.1 Å². The molecule has 0 bridgehead atoms. The van der Waals surface area contributed by atoms with Crippen molar-refractivity contribution in [1.29, 1.82) is 0 Å². The Morgan fingerprint density at radius 3 is 2.39 bits per heavy atom. The number of ether oxygens (including phenoxy) is 2. The Balaban J connectivity index is 1.41. The minimum Gasteiger partial charge on any atom is -0.486 e. The fraction of sp³-hybridized carbons (Fsp3) is 0.345. The second-order valence-corrected chi connectivity index (χ2v) is 11.4. The molecule has 0 aromatic heterocycles. The molecule has 0 saturated heterocycles. The number of rotatable bonds is 8. The number of aryl methyl sites for hydroxylation is 2. The maximum atomic E-state index is 13.8. The minimum atomic E-state index is -4.20. The van der Waals surface area contributed by atoms with Gasteiger partial charge in [-0.15, -0.1) is 0 Å². The van der Waals surface area contributed by atoms with Gasteiger partial charge in [0.05, 0.1) is 16.6 Å². The molecule has 0 saturated carbocycles. The van der Waals surface area contributed by atoms with E-state index in [1.54, 1.807) is 0 Å². The Hall–Kier alpha value is -3.59. The lowest BCUT2D eigenvalue weighted by Crippen LogP contribution is -2.42. The number of nitrogens with zero attached hydrogens (tertiary/aromatic N) is 1. The lowest BCUT2D eigenvalue weighted by Gasteiger charge is -2.27. The molecule has 2 aliphatic rings. The highest BCUT2D eigenvalue weighted by Gasteiger charge is 2.30. The molecule has 9 heteroatoms. The maximum Gasteiger partial charge on any atom is 0.264 e. The van der Waals surface area contributed by atoms with Crippen molar-refractivity contribution in [3.8, 4) is 11.5 Å². The second-order valence-electron chi connectivity index (χ2n) is 9.56. The molecule has 1 amide bonds. The number of carbonyl (C=O) groups excluding carboxylic acids is 1. The zero-order valence-electron chi connectivity index (χ0n) is 21.3. The molecule has 38 heavy (non-hydrogen) atoms. The van der Waals surface area contributed by atoms with Gasteiger partial charge in [-0.25, -0.2) is 12.8 Å². The fourth-order valence-electron chi connectivity index (χ4n) is 5.00. The molecule has 0 spiro atoms. The summed E-state index contributed by atoms with van der Waals surface area (Å²) in [5, 5.41) is 3.01. The van der Waals surface area contributed by atoms with Crippen LogP contribution in [0.4, 0.5) is 10.1 Å². The Kier molecular flexibility index (Phi) is 7.56. The Morgan fingerprint density at radius 2 is 1.66 bits per heavy atom. The SMILES string of the molecule is CC[C@@H](NC(=O)CN(c1ccc(F)cc1)S(=O)(=O)c1ccc2c(c1)OCCO2)c1ccc2c(c1)CCCC2. The molecule has 3 aromatic rings. The molecule has 0 unspecified atom stereocenters. The standard InChI is InChI=1S/C29H31FN2O5S/c1-2-26(22-8-7-20-5-3-4-6-21(20)17-22)31-29(33)19-32(24-11-9-23(30)10-12-24)38(34,35)25-13-14-27-28(18-25)37-16-15-36-27/h7-14,17-18,26H,2-6,15-16,19H2,1H3,(H,31,33)/t26-/m1/s1. The van der Waals surface area contributed by atoms with Crippen LogP contribution in [-0.4, -0.2) is 34.1 Å². The van der Waals surface area contributed by atoms with E-state index in [1.807, 2.05) is 13.0 Å². The van der Waals surface area contributed by atoms with E-state index < -0.39 is 28.3 Å². The number of benzene rings is 3. The van der Waals surface area contributed by atoms with E-state index in [2.05, 4.69) is 17.4 Å². The number of amides is 1. The molecule has 1 N–H and O–H groups in total. The number of fused-ring (bicyclic) bond motifs is 2. The van der Waals surface area contributed by atoms with Crippen LogP contribution in [-0.2, 0) is 27.7 Å². The van der Waals surface area contributed by atoms with Crippen molar-refractivity contribution in [2.75, 3.05) is 24.1 Å². The lowest BCUT2D eigenvalue weighted by molar-refractivity contribution is -0.120. The van der Waals surface area contributed by atoms with Crippen LogP contribution in [0.3, 0.4) is 0 Å². The van der Waals surface area contributed by atoms with Crippen LogP contribution in [0.5, 0.6) is 11.5 Å². The van der Waals surface area contributed by atoms with Crippen molar-refractivity contribution in [1.82, 2.24) is 5.32 Å². The van der Waals surface area contributed by atoms with E-state index in [-0.39, 0.29) is 16.6 Å². The van der Waals surface area contributed by atoms with E-state index in [1.165, 1.54) is 60.0 Å². The van der Waals surface area contributed by atoms with Crippen molar-refractivity contribution < 1.29 is 27.1 Å². The van der Waals surface area contributed by atoms with E-state index >= 15 is 0 Å². The van der Waals surface area contributed by atoms with Gasteiger partial charge in [0.1, 0.15) is 25.6 Å².